The Balaban J connectivity index is 2.37. The standard InChI is InChI=1S/C10H14FN5O/c11-16(10(17)15-14-9(12)13)7-6-8-4-2-1-3-5-8/h1-5H,6-7H2,(H,15,17)(H4,12,13,14). The second-order valence-electron chi connectivity index (χ2n) is 3.27. The number of carbonyl (C=O) groups is 1. The molecule has 0 spiro atoms. The zero-order valence-electron chi connectivity index (χ0n) is 9.14. The van der Waals surface area contributed by atoms with E-state index < -0.39 is 6.03 Å². The Kier molecular flexibility index (Phi) is 4.74. The number of hydrogen-bond donors (Lipinski definition) is 3. The minimum Gasteiger partial charge on any atom is -0.369 e. The van der Waals surface area contributed by atoms with Crippen LogP contribution in [0.15, 0.2) is 35.4 Å². The average molecular weight is 239 g/mol. The monoisotopic (exact) mass is 239 g/mol. The summed E-state index contributed by atoms with van der Waals surface area (Å²) in [6, 6.07) is 8.25. The fourth-order valence-electron chi connectivity index (χ4n) is 1.14. The van der Waals surface area contributed by atoms with Gasteiger partial charge in [-0.05, 0) is 12.0 Å². The molecule has 0 radical (unpaired) electrons. The molecular formula is C10H14FN5O. The second kappa shape index (κ2) is 6.31. The van der Waals surface area contributed by atoms with E-state index in [0.29, 0.717) is 6.42 Å². The normalized spacial score (nSPS) is 9.47. The number of carbonyl (C=O) groups excluding carboxylic acids is 1. The second-order valence-corrected chi connectivity index (χ2v) is 3.27. The first kappa shape index (κ1) is 12.8. The molecule has 1 aromatic carbocycles. The van der Waals surface area contributed by atoms with E-state index in [0.717, 1.165) is 5.56 Å². The zero-order chi connectivity index (χ0) is 12.7. The summed E-state index contributed by atoms with van der Waals surface area (Å²) in [5.74, 6) is -0.338. The molecule has 0 unspecified atom stereocenters. The van der Waals surface area contributed by atoms with E-state index in [4.69, 9.17) is 11.5 Å². The third kappa shape index (κ3) is 4.83. The molecule has 0 saturated carbocycles. The highest BCUT2D eigenvalue weighted by Gasteiger charge is 2.11. The Labute approximate surface area is 98.0 Å². The molecule has 17 heavy (non-hydrogen) atoms. The molecule has 1 aromatic rings. The molecule has 0 saturated heterocycles. The molecule has 5 N–H and O–H groups in total. The van der Waals surface area contributed by atoms with Crippen molar-refractivity contribution in [3.05, 3.63) is 35.9 Å². The number of amides is 2. The van der Waals surface area contributed by atoms with Crippen LogP contribution < -0.4 is 16.9 Å². The topological polar surface area (TPSA) is 96.7 Å². The predicted octanol–water partition coefficient (Wildman–Crippen LogP) is 0.314. The number of nitrogens with one attached hydrogen (secondary N) is 1. The Bertz CT molecular complexity index is 391. The first-order valence-electron chi connectivity index (χ1n) is 4.95. The number of hydrogen-bond acceptors (Lipinski definition) is 2. The summed E-state index contributed by atoms with van der Waals surface area (Å²) in [5, 5.41) is 3.20. The van der Waals surface area contributed by atoms with Gasteiger partial charge in [-0.3, -0.25) is 0 Å². The fraction of sp³-hybridized carbons (Fsp3) is 0.200. The van der Waals surface area contributed by atoms with Crippen molar-refractivity contribution in [1.82, 2.24) is 10.5 Å². The molecule has 92 valence electrons. The van der Waals surface area contributed by atoms with E-state index >= 15 is 0 Å². The largest absolute Gasteiger partial charge is 0.369 e. The SMILES string of the molecule is NC(N)=NNC(=O)N(F)CCc1ccccc1. The lowest BCUT2D eigenvalue weighted by Crippen LogP contribution is -2.36. The minimum atomic E-state index is -1.01. The van der Waals surface area contributed by atoms with Gasteiger partial charge in [-0.2, -0.15) is 5.12 Å². The number of nitrogens with zero attached hydrogens (tertiary/aromatic N) is 2. The van der Waals surface area contributed by atoms with Gasteiger partial charge < -0.3 is 11.5 Å². The lowest BCUT2D eigenvalue weighted by Gasteiger charge is -2.10. The number of halogens is 1. The number of rotatable bonds is 4. The molecule has 6 nitrogen and oxygen atoms in total. The van der Waals surface area contributed by atoms with Crippen LogP contribution in [0.5, 0.6) is 0 Å². The molecule has 0 fully saturated rings. The van der Waals surface area contributed by atoms with Gasteiger partial charge in [-0.25, -0.2) is 10.2 Å². The van der Waals surface area contributed by atoms with Crippen molar-refractivity contribution >= 4 is 12.0 Å². The van der Waals surface area contributed by atoms with Crippen molar-refractivity contribution < 1.29 is 9.28 Å². The molecule has 1 rings (SSSR count). The van der Waals surface area contributed by atoms with Crippen LogP contribution in [-0.4, -0.2) is 23.7 Å². The van der Waals surface area contributed by atoms with Crippen molar-refractivity contribution in [2.75, 3.05) is 6.54 Å². The third-order valence-electron chi connectivity index (χ3n) is 1.94. The van der Waals surface area contributed by atoms with Gasteiger partial charge in [0.2, 0.25) is 5.96 Å². The first-order chi connectivity index (χ1) is 8.09. The number of hydrazone groups is 1. The molecule has 0 aliphatic heterocycles. The Hall–Kier alpha value is -2.31. The highest BCUT2D eigenvalue weighted by Crippen LogP contribution is 2.01. The van der Waals surface area contributed by atoms with Crippen molar-refractivity contribution in [3.8, 4) is 0 Å². The van der Waals surface area contributed by atoms with Crippen LogP contribution in [0.1, 0.15) is 5.56 Å². The number of urea groups is 1. The smallest absolute Gasteiger partial charge is 0.365 e. The van der Waals surface area contributed by atoms with Crippen LogP contribution in [0.4, 0.5) is 9.28 Å². The van der Waals surface area contributed by atoms with Crippen molar-refractivity contribution in [1.29, 1.82) is 0 Å². The molecule has 0 heterocycles. The number of guanidine groups is 1. The van der Waals surface area contributed by atoms with Crippen LogP contribution in [0.2, 0.25) is 0 Å². The van der Waals surface area contributed by atoms with E-state index in [1.54, 1.807) is 0 Å². The fourth-order valence-corrected chi connectivity index (χ4v) is 1.14. The third-order valence-corrected chi connectivity index (χ3v) is 1.94. The quantitative estimate of drug-likeness (QED) is 0.305. The molecule has 7 heteroatoms. The highest BCUT2D eigenvalue weighted by molar-refractivity contribution is 5.79. The summed E-state index contributed by atoms with van der Waals surface area (Å²) in [5.41, 5.74) is 12.8. The van der Waals surface area contributed by atoms with E-state index in [1.807, 2.05) is 35.8 Å². The Morgan fingerprint density at radius 1 is 1.35 bits per heavy atom. The Morgan fingerprint density at radius 2 is 2.00 bits per heavy atom. The minimum absolute atomic E-state index is 0.0133. The van der Waals surface area contributed by atoms with Gasteiger partial charge in [0.1, 0.15) is 0 Å². The van der Waals surface area contributed by atoms with Gasteiger partial charge in [0.15, 0.2) is 0 Å². The molecule has 0 bridgehead atoms. The van der Waals surface area contributed by atoms with E-state index in [2.05, 4.69) is 5.10 Å². The van der Waals surface area contributed by atoms with Crippen LogP contribution in [-0.2, 0) is 6.42 Å². The summed E-state index contributed by atoms with van der Waals surface area (Å²) in [4.78, 5) is 11.1. The maximum Gasteiger partial charge on any atom is 0.365 e. The molecule has 2 amide bonds. The van der Waals surface area contributed by atoms with Gasteiger partial charge in [0.25, 0.3) is 0 Å². The maximum absolute atomic E-state index is 13.2. The van der Waals surface area contributed by atoms with Crippen LogP contribution >= 0.6 is 0 Å². The van der Waals surface area contributed by atoms with Crippen LogP contribution in [0.3, 0.4) is 0 Å². The van der Waals surface area contributed by atoms with Crippen molar-refractivity contribution in [3.63, 3.8) is 0 Å². The zero-order valence-corrected chi connectivity index (χ0v) is 9.14. The van der Waals surface area contributed by atoms with E-state index in [9.17, 15) is 9.28 Å². The van der Waals surface area contributed by atoms with Crippen molar-refractivity contribution in [2.24, 2.45) is 16.6 Å². The highest BCUT2D eigenvalue weighted by atomic mass is 19.2. The van der Waals surface area contributed by atoms with Crippen LogP contribution in [0.25, 0.3) is 0 Å². The van der Waals surface area contributed by atoms with Gasteiger partial charge in [0.05, 0.1) is 6.54 Å². The molecule has 0 aromatic heterocycles. The maximum atomic E-state index is 13.2. The summed E-state index contributed by atoms with van der Waals surface area (Å²) < 4.78 is 13.2. The first-order valence-corrected chi connectivity index (χ1v) is 4.95. The number of nitrogens with two attached hydrogens (primary N) is 2. The molecule has 0 aliphatic carbocycles. The Morgan fingerprint density at radius 3 is 2.59 bits per heavy atom. The van der Waals surface area contributed by atoms with E-state index in [1.165, 1.54) is 0 Å². The van der Waals surface area contributed by atoms with Crippen LogP contribution in [0, 0.1) is 0 Å². The summed E-state index contributed by atoms with van der Waals surface area (Å²) in [7, 11) is 0. The van der Waals surface area contributed by atoms with E-state index in [-0.39, 0.29) is 17.6 Å². The number of benzene rings is 1. The molecular weight excluding hydrogens is 225 g/mol. The summed E-state index contributed by atoms with van der Waals surface area (Å²) >= 11 is 0. The predicted molar refractivity (Wildman–Crippen MR) is 62.3 cm³/mol. The van der Waals surface area contributed by atoms with Crippen molar-refractivity contribution in [2.45, 2.75) is 6.42 Å². The van der Waals surface area contributed by atoms with Gasteiger partial charge in [-0.1, -0.05) is 34.8 Å². The molecule has 0 aliphatic rings. The van der Waals surface area contributed by atoms with Gasteiger partial charge in [0, 0.05) is 0 Å². The summed E-state index contributed by atoms with van der Waals surface area (Å²) in [6.07, 6.45) is 0.409. The lowest BCUT2D eigenvalue weighted by molar-refractivity contribution is 0.0673. The summed E-state index contributed by atoms with van der Waals surface area (Å²) in [6.45, 7) is -0.0736. The lowest BCUT2D eigenvalue weighted by atomic mass is 10.1. The average Bonchev–Trinajstić information content (AvgIpc) is 2.34. The molecule has 0 atom stereocenters. The van der Waals surface area contributed by atoms with Gasteiger partial charge >= 0.3 is 6.03 Å². The van der Waals surface area contributed by atoms with Gasteiger partial charge in [-0.15, -0.1) is 5.10 Å².